The van der Waals surface area contributed by atoms with Crippen LogP contribution in [0.2, 0.25) is 0 Å². The number of epoxide rings is 1. The van der Waals surface area contributed by atoms with E-state index in [1.807, 2.05) is 0 Å². The Kier molecular flexibility index (Phi) is 3.71. The van der Waals surface area contributed by atoms with E-state index in [0.717, 1.165) is 43.3 Å². The van der Waals surface area contributed by atoms with Gasteiger partial charge in [0.25, 0.3) is 0 Å². The Bertz CT molecular complexity index is 583. The SMILES string of the molecule is C=C1C2=CC[C@@H](C)[C@]1(C)CC/C(C)=C\CC[C@@]1(C)O[C@@H]1C2=O. The predicted octanol–water partition coefficient (Wildman–Crippen LogP) is 4.76. The van der Waals surface area contributed by atoms with Crippen molar-refractivity contribution in [1.82, 2.24) is 0 Å². The minimum atomic E-state index is -0.270. The first-order chi connectivity index (χ1) is 10.3. The molecule has 0 saturated carbocycles. The van der Waals surface area contributed by atoms with Gasteiger partial charge < -0.3 is 4.74 Å². The lowest BCUT2D eigenvalue weighted by atomic mass is 9.62. The van der Waals surface area contributed by atoms with Crippen molar-refractivity contribution in [1.29, 1.82) is 0 Å². The summed E-state index contributed by atoms with van der Waals surface area (Å²) in [5.41, 5.74) is 3.07. The van der Waals surface area contributed by atoms with Crippen LogP contribution in [0.15, 0.2) is 35.5 Å². The van der Waals surface area contributed by atoms with Crippen LogP contribution < -0.4 is 0 Å². The average Bonchev–Trinajstić information content (AvgIpc) is 3.14. The Morgan fingerprint density at radius 3 is 2.73 bits per heavy atom. The molecule has 1 fully saturated rings. The van der Waals surface area contributed by atoms with Gasteiger partial charge >= 0.3 is 0 Å². The highest BCUT2D eigenvalue weighted by Gasteiger charge is 2.57. The predicted molar refractivity (Wildman–Crippen MR) is 89.6 cm³/mol. The van der Waals surface area contributed by atoms with E-state index in [2.05, 4.69) is 46.4 Å². The molecule has 120 valence electrons. The maximum atomic E-state index is 12.9. The van der Waals surface area contributed by atoms with E-state index >= 15 is 0 Å². The summed E-state index contributed by atoms with van der Waals surface area (Å²) >= 11 is 0. The number of hydrogen-bond donors (Lipinski definition) is 0. The second-order valence-electron chi connectivity index (χ2n) is 7.91. The summed E-state index contributed by atoms with van der Waals surface area (Å²) < 4.78 is 5.80. The van der Waals surface area contributed by atoms with E-state index in [-0.39, 0.29) is 22.9 Å². The Labute approximate surface area is 134 Å². The molecule has 2 nitrogen and oxygen atoms in total. The highest BCUT2D eigenvalue weighted by molar-refractivity contribution is 6.05. The third-order valence-corrected chi connectivity index (χ3v) is 6.34. The monoisotopic (exact) mass is 300 g/mol. The lowest BCUT2D eigenvalue weighted by molar-refractivity contribution is -0.116. The van der Waals surface area contributed by atoms with Crippen molar-refractivity contribution in [3.63, 3.8) is 0 Å². The van der Waals surface area contributed by atoms with Gasteiger partial charge in [-0.15, -0.1) is 0 Å². The molecular formula is C20H28O2. The average molecular weight is 300 g/mol. The molecule has 1 aliphatic heterocycles. The summed E-state index contributed by atoms with van der Waals surface area (Å²) in [6.07, 6.45) is 9.21. The smallest absolute Gasteiger partial charge is 0.194 e. The van der Waals surface area contributed by atoms with E-state index in [0.29, 0.717) is 5.92 Å². The Morgan fingerprint density at radius 1 is 1.27 bits per heavy atom. The van der Waals surface area contributed by atoms with Gasteiger partial charge in [-0.25, -0.2) is 0 Å². The first kappa shape index (κ1) is 15.7. The fourth-order valence-electron chi connectivity index (χ4n) is 3.99. The zero-order valence-electron chi connectivity index (χ0n) is 14.4. The Hall–Kier alpha value is -1.15. The van der Waals surface area contributed by atoms with Crippen molar-refractivity contribution in [2.45, 2.75) is 71.5 Å². The zero-order valence-corrected chi connectivity index (χ0v) is 14.4. The van der Waals surface area contributed by atoms with Gasteiger partial charge in [-0.05, 0) is 62.9 Å². The van der Waals surface area contributed by atoms with Crippen LogP contribution in [0.25, 0.3) is 0 Å². The molecule has 0 unspecified atom stereocenters. The van der Waals surface area contributed by atoms with Crippen LogP contribution in [0.3, 0.4) is 0 Å². The highest BCUT2D eigenvalue weighted by atomic mass is 16.6. The minimum Gasteiger partial charge on any atom is -0.358 e. The summed E-state index contributed by atoms with van der Waals surface area (Å²) in [5, 5.41) is 0. The second kappa shape index (κ2) is 5.19. The fraction of sp³-hybridized carbons (Fsp3) is 0.650. The largest absolute Gasteiger partial charge is 0.358 e. The normalized spacial score (nSPS) is 44.9. The molecule has 0 aromatic rings. The Morgan fingerprint density at radius 2 is 2.00 bits per heavy atom. The van der Waals surface area contributed by atoms with E-state index < -0.39 is 0 Å². The van der Waals surface area contributed by atoms with Crippen molar-refractivity contribution >= 4 is 5.78 Å². The van der Waals surface area contributed by atoms with Crippen molar-refractivity contribution < 1.29 is 9.53 Å². The molecule has 2 heteroatoms. The van der Waals surface area contributed by atoms with Gasteiger partial charge in [0, 0.05) is 5.57 Å². The van der Waals surface area contributed by atoms with E-state index in [4.69, 9.17) is 4.74 Å². The van der Waals surface area contributed by atoms with Crippen molar-refractivity contribution in [2.75, 3.05) is 0 Å². The first-order valence-electron chi connectivity index (χ1n) is 8.55. The molecule has 3 rings (SSSR count). The molecule has 3 aliphatic rings. The van der Waals surface area contributed by atoms with Crippen LogP contribution in [0.4, 0.5) is 0 Å². The van der Waals surface area contributed by atoms with Crippen LogP contribution in [0.1, 0.15) is 59.8 Å². The fourth-order valence-corrected chi connectivity index (χ4v) is 3.99. The summed E-state index contributed by atoms with van der Waals surface area (Å²) in [6.45, 7) is 13.2. The number of Topliss-reactive ketones (excluding diaryl/α,β-unsaturated/α-hetero) is 1. The molecule has 0 spiro atoms. The lowest BCUT2D eigenvalue weighted by Gasteiger charge is -2.41. The van der Waals surface area contributed by atoms with Crippen molar-refractivity contribution in [3.8, 4) is 0 Å². The van der Waals surface area contributed by atoms with Crippen LogP contribution in [0.5, 0.6) is 0 Å². The third-order valence-electron chi connectivity index (χ3n) is 6.34. The number of rotatable bonds is 0. The topological polar surface area (TPSA) is 29.6 Å². The molecule has 22 heavy (non-hydrogen) atoms. The quantitative estimate of drug-likeness (QED) is 0.477. The van der Waals surface area contributed by atoms with Crippen LogP contribution in [0, 0.1) is 11.3 Å². The molecular weight excluding hydrogens is 272 g/mol. The highest BCUT2D eigenvalue weighted by Crippen LogP contribution is 2.51. The molecule has 2 bridgehead atoms. The molecule has 2 aliphatic carbocycles. The van der Waals surface area contributed by atoms with Gasteiger partial charge in [0.05, 0.1) is 0 Å². The number of hydrogen-bond acceptors (Lipinski definition) is 2. The first-order valence-corrected chi connectivity index (χ1v) is 8.55. The van der Waals surface area contributed by atoms with Gasteiger partial charge in [-0.1, -0.05) is 38.2 Å². The van der Waals surface area contributed by atoms with E-state index in [1.165, 1.54) is 5.57 Å². The maximum Gasteiger partial charge on any atom is 0.194 e. The van der Waals surface area contributed by atoms with E-state index in [9.17, 15) is 4.79 Å². The van der Waals surface area contributed by atoms with Gasteiger partial charge in [0.2, 0.25) is 0 Å². The van der Waals surface area contributed by atoms with Gasteiger partial charge in [-0.2, -0.15) is 0 Å². The number of carbonyl (C=O) groups is 1. The van der Waals surface area contributed by atoms with Crippen molar-refractivity contribution in [2.24, 2.45) is 11.3 Å². The minimum absolute atomic E-state index is 0.0132. The summed E-state index contributed by atoms with van der Waals surface area (Å²) in [7, 11) is 0. The standard InChI is InChI=1S/C20H28O2/c1-13-7-6-11-20(5)18(22-20)17(21)16-9-8-14(2)19(4,12-10-13)15(16)3/h7,9,14,18H,3,6,8,10-12H2,1-2,4-5H3/b13-7-/t14-,18-,19+,20-/m1/s1. The van der Waals surface area contributed by atoms with E-state index in [1.54, 1.807) is 0 Å². The molecule has 0 aromatic carbocycles. The van der Waals surface area contributed by atoms with Crippen molar-refractivity contribution in [3.05, 3.63) is 35.5 Å². The number of ketones is 1. The molecule has 0 N–H and O–H groups in total. The van der Waals surface area contributed by atoms with Gasteiger partial charge in [0.15, 0.2) is 5.78 Å². The third kappa shape index (κ3) is 2.42. The summed E-state index contributed by atoms with van der Waals surface area (Å²) in [5.74, 6) is 0.686. The summed E-state index contributed by atoms with van der Waals surface area (Å²) in [4.78, 5) is 12.9. The van der Waals surface area contributed by atoms with Crippen LogP contribution >= 0.6 is 0 Å². The molecule has 0 amide bonds. The zero-order chi connectivity index (χ0) is 16.1. The van der Waals surface area contributed by atoms with Crippen LogP contribution in [-0.2, 0) is 9.53 Å². The molecule has 1 heterocycles. The molecule has 0 radical (unpaired) electrons. The number of carbonyl (C=O) groups excluding carboxylic acids is 1. The van der Waals surface area contributed by atoms with Gasteiger partial charge in [-0.3, -0.25) is 4.79 Å². The number of ether oxygens (including phenoxy) is 1. The molecule has 0 aromatic heterocycles. The molecule has 4 atom stereocenters. The van der Waals surface area contributed by atoms with Crippen LogP contribution in [-0.4, -0.2) is 17.5 Å². The van der Waals surface area contributed by atoms with Gasteiger partial charge in [0.1, 0.15) is 11.7 Å². The summed E-state index contributed by atoms with van der Waals surface area (Å²) in [6, 6.07) is 0. The Balaban J connectivity index is 1.98. The number of fused-ring (bicyclic) bond motifs is 3. The molecule has 1 saturated heterocycles. The number of allylic oxidation sites excluding steroid dienone is 4. The lowest BCUT2D eigenvalue weighted by Crippen LogP contribution is -2.34. The maximum absolute atomic E-state index is 12.9. The second-order valence-corrected chi connectivity index (χ2v) is 7.91.